The van der Waals surface area contributed by atoms with Crippen molar-refractivity contribution < 1.29 is 9.50 Å². The van der Waals surface area contributed by atoms with Gasteiger partial charge in [-0.05, 0) is 31.4 Å². The number of anilines is 1. The minimum absolute atomic E-state index is 0.265. The molecular formula is C14H19FN2O. The average molecular weight is 250 g/mol. The number of piperidine rings is 1. The maximum Gasteiger partial charge on any atom is 0.165 e. The third-order valence-electron chi connectivity index (χ3n) is 4.47. The lowest BCUT2D eigenvalue weighted by atomic mass is 9.71. The molecule has 1 aromatic heterocycles. The first kappa shape index (κ1) is 11.9. The molecule has 3 rings (SSSR count). The fourth-order valence-electron chi connectivity index (χ4n) is 3.37. The van der Waals surface area contributed by atoms with Crippen LogP contribution in [0.3, 0.4) is 0 Å². The molecule has 98 valence electrons. The predicted molar refractivity (Wildman–Crippen MR) is 67.9 cm³/mol. The molecule has 0 radical (unpaired) electrons. The average Bonchev–Trinajstić information content (AvgIpc) is 2.38. The Bertz CT molecular complexity index is 440. The molecule has 0 spiro atoms. The highest BCUT2D eigenvalue weighted by molar-refractivity contribution is 5.40. The van der Waals surface area contributed by atoms with E-state index in [-0.39, 0.29) is 11.7 Å². The zero-order chi connectivity index (χ0) is 12.6. The van der Waals surface area contributed by atoms with E-state index in [1.54, 1.807) is 12.3 Å². The number of nitrogens with zero attached hydrogens (tertiary/aromatic N) is 2. The van der Waals surface area contributed by atoms with Crippen molar-refractivity contribution in [3.8, 4) is 0 Å². The number of hydrogen-bond acceptors (Lipinski definition) is 3. The van der Waals surface area contributed by atoms with Crippen LogP contribution in [0.1, 0.15) is 32.1 Å². The Kier molecular flexibility index (Phi) is 2.98. The molecule has 1 aliphatic heterocycles. The summed E-state index contributed by atoms with van der Waals surface area (Å²) in [7, 11) is 0. The van der Waals surface area contributed by atoms with E-state index in [0.717, 1.165) is 32.2 Å². The number of halogens is 1. The molecule has 18 heavy (non-hydrogen) atoms. The van der Waals surface area contributed by atoms with Gasteiger partial charge in [-0.2, -0.15) is 0 Å². The fourth-order valence-corrected chi connectivity index (χ4v) is 3.37. The first-order valence-electron chi connectivity index (χ1n) is 6.77. The van der Waals surface area contributed by atoms with Gasteiger partial charge in [0.15, 0.2) is 11.6 Å². The molecule has 1 saturated heterocycles. The van der Waals surface area contributed by atoms with Gasteiger partial charge in [-0.3, -0.25) is 0 Å². The Morgan fingerprint density at radius 2 is 2.28 bits per heavy atom. The number of pyridine rings is 1. The van der Waals surface area contributed by atoms with E-state index in [9.17, 15) is 9.50 Å². The molecule has 3 nitrogen and oxygen atoms in total. The summed E-state index contributed by atoms with van der Waals surface area (Å²) in [4.78, 5) is 6.12. The zero-order valence-corrected chi connectivity index (χ0v) is 10.5. The summed E-state index contributed by atoms with van der Waals surface area (Å²) < 4.78 is 13.7. The van der Waals surface area contributed by atoms with Crippen LogP contribution in [-0.2, 0) is 0 Å². The van der Waals surface area contributed by atoms with E-state index < -0.39 is 5.60 Å². The van der Waals surface area contributed by atoms with Crippen molar-refractivity contribution in [2.45, 2.75) is 37.7 Å². The van der Waals surface area contributed by atoms with E-state index in [1.807, 2.05) is 4.90 Å². The molecule has 0 aromatic carbocycles. The lowest BCUT2D eigenvalue weighted by molar-refractivity contribution is -0.0614. The summed E-state index contributed by atoms with van der Waals surface area (Å²) in [5.41, 5.74) is -0.514. The number of hydrogen-bond donors (Lipinski definition) is 1. The van der Waals surface area contributed by atoms with Gasteiger partial charge in [-0.25, -0.2) is 9.37 Å². The minimum Gasteiger partial charge on any atom is -0.389 e. The highest BCUT2D eigenvalue weighted by atomic mass is 19.1. The van der Waals surface area contributed by atoms with Crippen LogP contribution in [0.2, 0.25) is 0 Å². The second-order valence-corrected chi connectivity index (χ2v) is 5.55. The van der Waals surface area contributed by atoms with E-state index in [0.29, 0.717) is 12.4 Å². The third-order valence-corrected chi connectivity index (χ3v) is 4.47. The fraction of sp³-hybridized carbons (Fsp3) is 0.643. The zero-order valence-electron chi connectivity index (χ0n) is 10.5. The second kappa shape index (κ2) is 4.50. The Labute approximate surface area is 107 Å². The van der Waals surface area contributed by atoms with Gasteiger partial charge in [0.1, 0.15) is 0 Å². The highest BCUT2D eigenvalue weighted by Gasteiger charge is 2.43. The molecule has 2 aliphatic rings. The maximum atomic E-state index is 13.7. The SMILES string of the molecule is OC12CCCCC1CN(c1ncccc1F)CC2. The molecule has 2 heterocycles. The predicted octanol–water partition coefficient (Wildman–Crippen LogP) is 2.35. The largest absolute Gasteiger partial charge is 0.389 e. The topological polar surface area (TPSA) is 36.4 Å². The lowest BCUT2D eigenvalue weighted by Crippen LogP contribution is -2.53. The molecule has 1 N–H and O–H groups in total. The Morgan fingerprint density at radius 1 is 1.39 bits per heavy atom. The van der Waals surface area contributed by atoms with E-state index in [1.165, 1.54) is 12.5 Å². The molecule has 1 saturated carbocycles. The van der Waals surface area contributed by atoms with Crippen LogP contribution in [0.25, 0.3) is 0 Å². The van der Waals surface area contributed by atoms with Crippen LogP contribution >= 0.6 is 0 Å². The molecule has 1 aliphatic carbocycles. The van der Waals surface area contributed by atoms with E-state index in [4.69, 9.17) is 0 Å². The van der Waals surface area contributed by atoms with Crippen LogP contribution in [0.5, 0.6) is 0 Å². The van der Waals surface area contributed by atoms with Gasteiger partial charge in [0.2, 0.25) is 0 Å². The molecule has 2 fully saturated rings. The Balaban J connectivity index is 1.80. The quantitative estimate of drug-likeness (QED) is 0.831. The lowest BCUT2D eigenvalue weighted by Gasteiger charge is -2.47. The normalized spacial score (nSPS) is 32.1. The summed E-state index contributed by atoms with van der Waals surface area (Å²) in [6.45, 7) is 1.42. The first-order chi connectivity index (χ1) is 8.69. The monoisotopic (exact) mass is 250 g/mol. The van der Waals surface area contributed by atoms with Crippen LogP contribution < -0.4 is 4.90 Å². The van der Waals surface area contributed by atoms with Gasteiger partial charge in [0, 0.05) is 25.2 Å². The first-order valence-corrected chi connectivity index (χ1v) is 6.77. The molecule has 2 unspecified atom stereocenters. The van der Waals surface area contributed by atoms with Gasteiger partial charge in [-0.1, -0.05) is 12.8 Å². The summed E-state index contributed by atoms with van der Waals surface area (Å²) in [6, 6.07) is 3.06. The van der Waals surface area contributed by atoms with Crippen LogP contribution in [0, 0.1) is 11.7 Å². The van der Waals surface area contributed by atoms with E-state index in [2.05, 4.69) is 4.98 Å². The van der Waals surface area contributed by atoms with Gasteiger partial charge in [0.05, 0.1) is 5.60 Å². The number of rotatable bonds is 1. The summed E-state index contributed by atoms with van der Waals surface area (Å²) in [6.07, 6.45) is 6.59. The minimum atomic E-state index is -0.514. The summed E-state index contributed by atoms with van der Waals surface area (Å²) >= 11 is 0. The third kappa shape index (κ3) is 1.99. The van der Waals surface area contributed by atoms with Crippen molar-refractivity contribution in [1.82, 2.24) is 4.98 Å². The van der Waals surface area contributed by atoms with Crippen molar-refractivity contribution >= 4 is 5.82 Å². The standard InChI is InChI=1S/C14H19FN2O/c15-12-5-3-8-16-13(12)17-9-7-14(18)6-2-1-4-11(14)10-17/h3,5,8,11,18H,1-2,4,6-7,9-10H2. The van der Waals surface area contributed by atoms with Crippen molar-refractivity contribution in [2.24, 2.45) is 5.92 Å². The van der Waals surface area contributed by atoms with Gasteiger partial charge in [-0.15, -0.1) is 0 Å². The van der Waals surface area contributed by atoms with Crippen molar-refractivity contribution in [3.63, 3.8) is 0 Å². The Morgan fingerprint density at radius 3 is 3.11 bits per heavy atom. The molecule has 1 aromatic rings. The second-order valence-electron chi connectivity index (χ2n) is 5.55. The number of fused-ring (bicyclic) bond motifs is 1. The van der Waals surface area contributed by atoms with Gasteiger partial charge >= 0.3 is 0 Å². The smallest absolute Gasteiger partial charge is 0.165 e. The maximum absolute atomic E-state index is 13.7. The Hall–Kier alpha value is -1.16. The molecule has 2 atom stereocenters. The number of aromatic nitrogens is 1. The number of aliphatic hydroxyl groups is 1. The van der Waals surface area contributed by atoms with Crippen LogP contribution in [0.15, 0.2) is 18.3 Å². The van der Waals surface area contributed by atoms with Crippen molar-refractivity contribution in [3.05, 3.63) is 24.1 Å². The van der Waals surface area contributed by atoms with Gasteiger partial charge in [0.25, 0.3) is 0 Å². The summed E-state index contributed by atoms with van der Waals surface area (Å²) in [5.74, 6) is 0.435. The molecule has 4 heteroatoms. The van der Waals surface area contributed by atoms with Crippen LogP contribution in [-0.4, -0.2) is 28.8 Å². The highest BCUT2D eigenvalue weighted by Crippen LogP contribution is 2.40. The molecular weight excluding hydrogens is 231 g/mol. The van der Waals surface area contributed by atoms with Gasteiger partial charge < -0.3 is 10.0 Å². The molecule has 0 bridgehead atoms. The van der Waals surface area contributed by atoms with Crippen molar-refractivity contribution in [1.29, 1.82) is 0 Å². The van der Waals surface area contributed by atoms with E-state index >= 15 is 0 Å². The molecule has 0 amide bonds. The van der Waals surface area contributed by atoms with Crippen molar-refractivity contribution in [2.75, 3.05) is 18.0 Å². The summed E-state index contributed by atoms with van der Waals surface area (Å²) in [5, 5.41) is 10.6. The van der Waals surface area contributed by atoms with Crippen LogP contribution in [0.4, 0.5) is 10.2 Å².